The van der Waals surface area contributed by atoms with Crippen LogP contribution in [0, 0.1) is 0 Å². The van der Waals surface area contributed by atoms with Gasteiger partial charge >= 0.3 is 0 Å². The Morgan fingerprint density at radius 3 is 2.83 bits per heavy atom. The van der Waals surface area contributed by atoms with Gasteiger partial charge in [0.25, 0.3) is 0 Å². The summed E-state index contributed by atoms with van der Waals surface area (Å²) in [4.78, 5) is 4.37. The lowest BCUT2D eigenvalue weighted by molar-refractivity contribution is 0.340. The van der Waals surface area contributed by atoms with Gasteiger partial charge in [-0.1, -0.05) is 0 Å². The molecule has 6 N–H and O–H groups in total. The van der Waals surface area contributed by atoms with Crippen LogP contribution in [0.2, 0.25) is 0 Å². The van der Waals surface area contributed by atoms with Crippen LogP contribution in [-0.4, -0.2) is 28.5 Å². The first-order valence-corrected chi connectivity index (χ1v) is 7.67. The number of benzene rings is 1. The van der Waals surface area contributed by atoms with Gasteiger partial charge in [0, 0.05) is 24.5 Å². The van der Waals surface area contributed by atoms with Crippen LogP contribution >= 0.6 is 0 Å². The second-order valence-corrected chi connectivity index (χ2v) is 5.45. The predicted octanol–water partition coefficient (Wildman–Crippen LogP) is 1.30. The Morgan fingerprint density at radius 1 is 1.35 bits per heavy atom. The van der Waals surface area contributed by atoms with E-state index in [1.165, 1.54) is 0 Å². The molecule has 0 aliphatic carbocycles. The first kappa shape index (κ1) is 15.4. The summed E-state index contributed by atoms with van der Waals surface area (Å²) in [5, 5.41) is 3.37. The van der Waals surface area contributed by atoms with E-state index in [4.69, 9.17) is 16.2 Å². The molecule has 0 saturated carbocycles. The van der Waals surface area contributed by atoms with E-state index >= 15 is 0 Å². The van der Waals surface area contributed by atoms with Crippen molar-refractivity contribution in [1.82, 2.24) is 9.66 Å². The molecule has 1 aromatic carbocycles. The number of nitrogens with zero attached hydrogens (tertiary/aromatic N) is 2. The van der Waals surface area contributed by atoms with E-state index in [0.717, 1.165) is 23.0 Å². The number of hydrogen-bond acceptors (Lipinski definition) is 6. The summed E-state index contributed by atoms with van der Waals surface area (Å²) in [6, 6.07) is 7.77. The standard InChI is InChI=1S/C16H22N6O/c1-2-23-13-5-3-12(4-6-13)20-14-11-16(18,7-8-17)21-22-10-9-19-15(14)22/h3-6,9-11,20-21H,2,7-8,17-18H2,1H3. The molecule has 1 aliphatic heterocycles. The van der Waals surface area contributed by atoms with Crippen molar-refractivity contribution in [3.63, 3.8) is 0 Å². The molecular formula is C16H22N6O. The Balaban J connectivity index is 1.85. The molecule has 0 saturated heterocycles. The highest BCUT2D eigenvalue weighted by molar-refractivity contribution is 5.76. The van der Waals surface area contributed by atoms with Crippen molar-refractivity contribution in [1.29, 1.82) is 0 Å². The molecule has 1 unspecified atom stereocenters. The molecule has 3 rings (SSSR count). The van der Waals surface area contributed by atoms with E-state index in [-0.39, 0.29) is 0 Å². The summed E-state index contributed by atoms with van der Waals surface area (Å²) >= 11 is 0. The zero-order valence-corrected chi connectivity index (χ0v) is 13.1. The summed E-state index contributed by atoms with van der Waals surface area (Å²) in [6.07, 6.45) is 6.10. The maximum Gasteiger partial charge on any atom is 0.174 e. The zero-order chi connectivity index (χ0) is 16.3. The molecular weight excluding hydrogens is 292 g/mol. The minimum Gasteiger partial charge on any atom is -0.494 e. The third-order valence-electron chi connectivity index (χ3n) is 3.61. The van der Waals surface area contributed by atoms with E-state index in [0.29, 0.717) is 19.6 Å². The Hall–Kier alpha value is -2.51. The second kappa shape index (κ2) is 6.31. The third kappa shape index (κ3) is 3.30. The van der Waals surface area contributed by atoms with E-state index < -0.39 is 5.66 Å². The molecule has 23 heavy (non-hydrogen) atoms. The van der Waals surface area contributed by atoms with Crippen LogP contribution in [0.1, 0.15) is 19.2 Å². The van der Waals surface area contributed by atoms with Gasteiger partial charge in [-0.2, -0.15) is 0 Å². The van der Waals surface area contributed by atoms with Gasteiger partial charge in [-0.05, 0) is 43.8 Å². The number of imidazole rings is 1. The van der Waals surface area contributed by atoms with Crippen molar-refractivity contribution in [2.24, 2.45) is 11.5 Å². The topological polar surface area (TPSA) is 103 Å². The number of nitrogens with two attached hydrogens (primary N) is 2. The molecule has 7 nitrogen and oxygen atoms in total. The normalized spacial score (nSPS) is 19.5. The average Bonchev–Trinajstić information content (AvgIpc) is 2.97. The lowest BCUT2D eigenvalue weighted by Crippen LogP contribution is -2.53. The fraction of sp³-hybridized carbons (Fsp3) is 0.312. The molecule has 7 heteroatoms. The molecule has 0 fully saturated rings. The molecule has 1 atom stereocenters. The Bertz CT molecular complexity index is 693. The van der Waals surface area contributed by atoms with Gasteiger partial charge in [0.05, 0.1) is 12.3 Å². The lowest BCUT2D eigenvalue weighted by Gasteiger charge is -2.34. The number of rotatable bonds is 6. The predicted molar refractivity (Wildman–Crippen MR) is 91.4 cm³/mol. The number of hydrogen-bond donors (Lipinski definition) is 4. The minimum atomic E-state index is -0.712. The van der Waals surface area contributed by atoms with Gasteiger partial charge < -0.3 is 26.9 Å². The number of aromatic nitrogens is 2. The van der Waals surface area contributed by atoms with E-state index in [9.17, 15) is 0 Å². The Morgan fingerprint density at radius 2 is 2.13 bits per heavy atom. The largest absolute Gasteiger partial charge is 0.494 e. The van der Waals surface area contributed by atoms with Crippen LogP contribution in [0.25, 0.3) is 5.70 Å². The third-order valence-corrected chi connectivity index (χ3v) is 3.61. The van der Waals surface area contributed by atoms with Crippen molar-refractivity contribution in [3.05, 3.63) is 48.6 Å². The van der Waals surface area contributed by atoms with Crippen LogP contribution in [-0.2, 0) is 0 Å². The lowest BCUT2D eigenvalue weighted by atomic mass is 10.0. The van der Waals surface area contributed by atoms with Crippen molar-refractivity contribution < 1.29 is 4.74 Å². The first-order valence-electron chi connectivity index (χ1n) is 7.67. The van der Waals surface area contributed by atoms with Crippen LogP contribution in [0.15, 0.2) is 42.7 Å². The van der Waals surface area contributed by atoms with E-state index in [1.54, 1.807) is 6.20 Å². The van der Waals surface area contributed by atoms with Crippen LogP contribution in [0.3, 0.4) is 0 Å². The summed E-state index contributed by atoms with van der Waals surface area (Å²) in [6.45, 7) is 3.10. The molecule has 2 aromatic rings. The van der Waals surface area contributed by atoms with Crippen LogP contribution < -0.4 is 26.9 Å². The van der Waals surface area contributed by atoms with E-state index in [2.05, 4.69) is 15.7 Å². The summed E-state index contributed by atoms with van der Waals surface area (Å²) in [5.74, 6) is 1.62. The van der Waals surface area contributed by atoms with Gasteiger partial charge in [-0.15, -0.1) is 0 Å². The molecule has 0 radical (unpaired) electrons. The molecule has 0 amide bonds. The average molecular weight is 314 g/mol. The van der Waals surface area contributed by atoms with Crippen molar-refractivity contribution >= 4 is 11.4 Å². The molecule has 1 aliphatic rings. The minimum absolute atomic E-state index is 0.486. The van der Waals surface area contributed by atoms with Crippen molar-refractivity contribution in [2.45, 2.75) is 19.0 Å². The van der Waals surface area contributed by atoms with Crippen LogP contribution in [0.5, 0.6) is 5.75 Å². The fourth-order valence-corrected chi connectivity index (χ4v) is 2.59. The fourth-order valence-electron chi connectivity index (χ4n) is 2.59. The van der Waals surface area contributed by atoms with E-state index in [1.807, 2.05) is 48.1 Å². The smallest absolute Gasteiger partial charge is 0.174 e. The van der Waals surface area contributed by atoms with Gasteiger partial charge in [-0.3, -0.25) is 0 Å². The number of anilines is 1. The molecule has 2 heterocycles. The maximum absolute atomic E-state index is 6.38. The van der Waals surface area contributed by atoms with Gasteiger partial charge in [0.15, 0.2) is 5.82 Å². The highest BCUT2D eigenvalue weighted by atomic mass is 16.5. The summed E-state index contributed by atoms with van der Waals surface area (Å²) in [5.41, 5.74) is 16.3. The molecule has 1 aromatic heterocycles. The van der Waals surface area contributed by atoms with Crippen LogP contribution in [0.4, 0.5) is 5.69 Å². The Kier molecular flexibility index (Phi) is 4.22. The highest BCUT2D eigenvalue weighted by Gasteiger charge is 2.29. The zero-order valence-electron chi connectivity index (χ0n) is 13.1. The van der Waals surface area contributed by atoms with Crippen molar-refractivity contribution in [3.8, 4) is 5.75 Å². The number of ether oxygens (including phenoxy) is 1. The maximum atomic E-state index is 6.38. The Labute approximate surface area is 135 Å². The highest BCUT2D eigenvalue weighted by Crippen LogP contribution is 2.25. The quantitative estimate of drug-likeness (QED) is 0.641. The SMILES string of the molecule is CCOc1ccc(NC2=CC(N)(CCN)Nn3ccnc32)cc1. The van der Waals surface area contributed by atoms with Gasteiger partial charge in [0.1, 0.15) is 11.4 Å². The number of fused-ring (bicyclic) bond motifs is 1. The molecule has 0 bridgehead atoms. The molecule has 0 spiro atoms. The van der Waals surface area contributed by atoms with Crippen molar-refractivity contribution in [2.75, 3.05) is 23.9 Å². The monoisotopic (exact) mass is 314 g/mol. The second-order valence-electron chi connectivity index (χ2n) is 5.45. The molecule has 122 valence electrons. The summed E-state index contributed by atoms with van der Waals surface area (Å²) < 4.78 is 7.27. The van der Waals surface area contributed by atoms with Gasteiger partial charge in [-0.25, -0.2) is 9.66 Å². The first-order chi connectivity index (χ1) is 11.1. The van der Waals surface area contributed by atoms with Gasteiger partial charge in [0.2, 0.25) is 0 Å². The summed E-state index contributed by atoms with van der Waals surface area (Å²) in [7, 11) is 0. The number of nitrogens with one attached hydrogen (secondary N) is 2.